The Kier molecular flexibility index (Phi) is 6.95. The first-order chi connectivity index (χ1) is 16.7. The van der Waals surface area contributed by atoms with E-state index in [1.165, 1.54) is 11.9 Å². The van der Waals surface area contributed by atoms with Gasteiger partial charge >= 0.3 is 5.97 Å². The average Bonchev–Trinajstić information content (AvgIpc) is 3.75. The van der Waals surface area contributed by atoms with Crippen LogP contribution in [0.1, 0.15) is 72.6 Å². The number of esters is 1. The fourth-order valence-corrected chi connectivity index (χ4v) is 8.21. The first-order valence-corrected chi connectivity index (χ1v) is 13.9. The highest BCUT2D eigenvalue weighted by Gasteiger charge is 2.63. The van der Waals surface area contributed by atoms with Crippen LogP contribution in [-0.2, 0) is 28.5 Å². The van der Waals surface area contributed by atoms with Gasteiger partial charge in [0.2, 0.25) is 0 Å². The monoisotopic (exact) mass is 488 g/mol. The molecule has 0 aromatic rings. The lowest BCUT2D eigenvalue weighted by Crippen LogP contribution is -2.59. The van der Waals surface area contributed by atoms with E-state index in [4.69, 9.17) is 18.9 Å². The van der Waals surface area contributed by atoms with Gasteiger partial charge in [-0.25, -0.2) is 0 Å². The van der Waals surface area contributed by atoms with Gasteiger partial charge in [-0.05, 0) is 74.0 Å². The third-order valence-electron chi connectivity index (χ3n) is 10.3. The van der Waals surface area contributed by atoms with Crippen molar-refractivity contribution in [3.63, 3.8) is 0 Å². The Morgan fingerprint density at radius 2 is 1.83 bits per heavy atom. The minimum absolute atomic E-state index is 0.0127. The number of epoxide rings is 2. The maximum Gasteiger partial charge on any atom is 0.312 e. The van der Waals surface area contributed by atoms with E-state index < -0.39 is 5.41 Å². The maximum atomic E-state index is 13.5. The van der Waals surface area contributed by atoms with Gasteiger partial charge in [0.05, 0.1) is 25.2 Å². The molecule has 4 fully saturated rings. The van der Waals surface area contributed by atoms with Crippen molar-refractivity contribution >= 4 is 12.3 Å². The van der Waals surface area contributed by atoms with Gasteiger partial charge in [-0.3, -0.25) is 4.79 Å². The quantitative estimate of drug-likeness (QED) is 0.145. The molecule has 2 saturated heterocycles. The molecule has 0 aromatic heterocycles. The molecular weight excluding hydrogens is 444 g/mol. The summed E-state index contributed by atoms with van der Waals surface area (Å²) >= 11 is 0. The van der Waals surface area contributed by atoms with Crippen LogP contribution in [0, 0.1) is 39.9 Å². The van der Waals surface area contributed by atoms with E-state index in [1.54, 1.807) is 0 Å². The summed E-state index contributed by atoms with van der Waals surface area (Å²) in [6, 6.07) is 0. The number of fused-ring (bicyclic) bond motifs is 3. The Labute approximate surface area is 210 Å². The Hall–Kier alpha value is -1.24. The zero-order chi connectivity index (χ0) is 24.8. The third-order valence-corrected chi connectivity index (χ3v) is 10.3. The largest absolute Gasteiger partial charge is 0.462 e. The van der Waals surface area contributed by atoms with Gasteiger partial charge in [0, 0.05) is 12.5 Å². The molecule has 0 aromatic carbocycles. The molecular formula is C29H44O6. The smallest absolute Gasteiger partial charge is 0.312 e. The van der Waals surface area contributed by atoms with Crippen molar-refractivity contribution in [3.05, 3.63) is 11.6 Å². The van der Waals surface area contributed by atoms with Gasteiger partial charge in [-0.1, -0.05) is 38.8 Å². The van der Waals surface area contributed by atoms with Crippen molar-refractivity contribution in [1.29, 1.82) is 0 Å². The van der Waals surface area contributed by atoms with Gasteiger partial charge < -0.3 is 23.7 Å². The normalized spacial score (nSPS) is 44.1. The lowest BCUT2D eigenvalue weighted by Gasteiger charge is -2.64. The Balaban J connectivity index is 1.43. The fraction of sp³-hybridized carbons (Fsp3) is 0.862. The van der Waals surface area contributed by atoms with Crippen LogP contribution in [0.2, 0.25) is 0 Å². The Morgan fingerprint density at radius 3 is 2.49 bits per heavy atom. The van der Waals surface area contributed by atoms with E-state index in [2.05, 4.69) is 33.8 Å². The van der Waals surface area contributed by atoms with Crippen molar-refractivity contribution in [3.8, 4) is 0 Å². The van der Waals surface area contributed by atoms with Crippen molar-refractivity contribution < 1.29 is 28.5 Å². The van der Waals surface area contributed by atoms with Gasteiger partial charge in [0.15, 0.2) is 0 Å². The van der Waals surface area contributed by atoms with Gasteiger partial charge in [-0.15, -0.1) is 0 Å². The second-order valence-electron chi connectivity index (χ2n) is 12.8. The van der Waals surface area contributed by atoms with Crippen molar-refractivity contribution in [2.75, 3.05) is 33.0 Å². The minimum Gasteiger partial charge on any atom is -0.462 e. The van der Waals surface area contributed by atoms with Crippen LogP contribution in [0.4, 0.5) is 0 Å². The van der Waals surface area contributed by atoms with Crippen molar-refractivity contribution in [1.82, 2.24) is 0 Å². The number of ether oxygens (including phenoxy) is 4. The number of carbonyl (C=O) groups is 2. The highest BCUT2D eigenvalue weighted by Crippen LogP contribution is 2.68. The minimum atomic E-state index is -0.480. The SMILES string of the molecule is CC(C)C1=CC2(CCOCC3CO3)CCC3C(C)(C(=O)OCC4CO4)CCCC3(C)C2CC1C=O. The number of aldehydes is 1. The van der Waals surface area contributed by atoms with Crippen LogP contribution in [0.5, 0.6) is 0 Å². The zero-order valence-electron chi connectivity index (χ0n) is 22.1. The predicted molar refractivity (Wildman–Crippen MR) is 132 cm³/mol. The van der Waals surface area contributed by atoms with Crippen LogP contribution in [0.3, 0.4) is 0 Å². The summed E-state index contributed by atoms with van der Waals surface area (Å²) in [5.74, 6) is 0.885. The first-order valence-electron chi connectivity index (χ1n) is 13.9. The Morgan fingerprint density at radius 1 is 1.11 bits per heavy atom. The zero-order valence-corrected chi connectivity index (χ0v) is 22.1. The molecule has 5 rings (SSSR count). The number of allylic oxidation sites excluding steroid dienone is 2. The standard InChI is InChI=1S/C29H44O6/c1-19(2)23-13-29(10-11-32-15-21-16-33-21)9-6-24-27(3,25(29)12-20(23)14-30)7-5-8-28(24,4)26(31)35-18-22-17-34-22/h13-14,19-22,24-25H,5-12,15-18H2,1-4H3. The number of hydrogen-bond donors (Lipinski definition) is 0. The van der Waals surface area contributed by atoms with Crippen molar-refractivity contribution in [2.45, 2.75) is 84.8 Å². The molecule has 5 aliphatic rings. The van der Waals surface area contributed by atoms with Crippen LogP contribution < -0.4 is 0 Å². The highest BCUT2D eigenvalue weighted by atomic mass is 16.6. The molecule has 2 heterocycles. The molecule has 6 heteroatoms. The molecule has 6 nitrogen and oxygen atoms in total. The molecule has 0 bridgehead atoms. The summed E-state index contributed by atoms with van der Waals surface area (Å²) < 4.78 is 22.4. The summed E-state index contributed by atoms with van der Waals surface area (Å²) in [5.41, 5.74) is 0.817. The molecule has 196 valence electrons. The topological polar surface area (TPSA) is 77.7 Å². The molecule has 8 atom stereocenters. The van der Waals surface area contributed by atoms with E-state index in [9.17, 15) is 9.59 Å². The van der Waals surface area contributed by atoms with E-state index >= 15 is 0 Å². The van der Waals surface area contributed by atoms with E-state index in [-0.39, 0.29) is 40.8 Å². The molecule has 3 aliphatic carbocycles. The predicted octanol–water partition coefficient (Wildman–Crippen LogP) is 4.74. The molecule has 0 N–H and O–H groups in total. The molecule has 35 heavy (non-hydrogen) atoms. The first kappa shape index (κ1) is 25.4. The average molecular weight is 489 g/mol. The molecule has 8 unspecified atom stereocenters. The second-order valence-corrected chi connectivity index (χ2v) is 12.8. The van der Waals surface area contributed by atoms with Crippen LogP contribution in [-0.4, -0.2) is 57.5 Å². The summed E-state index contributed by atoms with van der Waals surface area (Å²) in [7, 11) is 0. The Bertz CT molecular complexity index is 844. The summed E-state index contributed by atoms with van der Waals surface area (Å²) in [5, 5.41) is 0. The van der Waals surface area contributed by atoms with Crippen LogP contribution in [0.15, 0.2) is 11.6 Å². The lowest BCUT2D eigenvalue weighted by atomic mass is 9.40. The number of rotatable bonds is 10. The lowest BCUT2D eigenvalue weighted by molar-refractivity contribution is -0.184. The summed E-state index contributed by atoms with van der Waals surface area (Å²) in [4.78, 5) is 25.7. The summed E-state index contributed by atoms with van der Waals surface area (Å²) in [6.07, 6.45) is 10.9. The maximum absolute atomic E-state index is 13.5. The molecule has 0 amide bonds. The molecule has 2 saturated carbocycles. The van der Waals surface area contributed by atoms with E-state index in [0.29, 0.717) is 38.3 Å². The highest BCUT2D eigenvalue weighted by molar-refractivity contribution is 5.77. The van der Waals surface area contributed by atoms with Gasteiger partial charge in [-0.2, -0.15) is 0 Å². The number of carbonyl (C=O) groups excluding carboxylic acids is 2. The number of hydrogen-bond acceptors (Lipinski definition) is 6. The molecule has 2 aliphatic heterocycles. The second kappa shape index (κ2) is 9.57. The van der Waals surface area contributed by atoms with Crippen LogP contribution >= 0.6 is 0 Å². The van der Waals surface area contributed by atoms with E-state index in [0.717, 1.165) is 51.6 Å². The van der Waals surface area contributed by atoms with Gasteiger partial charge in [0.1, 0.15) is 25.1 Å². The fourth-order valence-electron chi connectivity index (χ4n) is 8.21. The van der Waals surface area contributed by atoms with Gasteiger partial charge in [0.25, 0.3) is 0 Å². The summed E-state index contributed by atoms with van der Waals surface area (Å²) in [6.45, 7) is 12.3. The third kappa shape index (κ3) is 4.75. The van der Waals surface area contributed by atoms with Crippen molar-refractivity contribution in [2.24, 2.45) is 39.9 Å². The van der Waals surface area contributed by atoms with E-state index in [1.807, 2.05) is 0 Å². The molecule has 0 radical (unpaired) electrons. The van der Waals surface area contributed by atoms with Crippen LogP contribution in [0.25, 0.3) is 0 Å². The molecule has 0 spiro atoms.